The first-order chi connectivity index (χ1) is 10.2. The van der Waals surface area contributed by atoms with Gasteiger partial charge in [0.25, 0.3) is 0 Å². The standard InChI is InChI=1S/C18H32O3Si/c1-8-19-17(20-9-2)16-12-10-15(11-13-16)14-21-22(6,7)18(3,4)5/h10-13,17H,8-9,14H2,1-7H3. The number of rotatable bonds is 8. The number of benzene rings is 1. The van der Waals surface area contributed by atoms with Gasteiger partial charge in [-0.1, -0.05) is 45.0 Å². The molecule has 1 rings (SSSR count). The molecule has 0 heterocycles. The van der Waals surface area contributed by atoms with Crippen LogP contribution in [0.3, 0.4) is 0 Å². The molecule has 22 heavy (non-hydrogen) atoms. The Kier molecular flexibility index (Phi) is 7.26. The summed E-state index contributed by atoms with van der Waals surface area (Å²) in [6, 6.07) is 8.35. The first kappa shape index (κ1) is 19.4. The second kappa shape index (κ2) is 8.25. The van der Waals surface area contributed by atoms with Crippen molar-refractivity contribution in [2.45, 2.75) is 65.6 Å². The van der Waals surface area contributed by atoms with Gasteiger partial charge in [-0.05, 0) is 37.5 Å². The van der Waals surface area contributed by atoms with Gasteiger partial charge in [-0.15, -0.1) is 0 Å². The van der Waals surface area contributed by atoms with Crippen LogP contribution in [0.4, 0.5) is 0 Å². The Morgan fingerprint density at radius 3 is 1.86 bits per heavy atom. The van der Waals surface area contributed by atoms with E-state index in [-0.39, 0.29) is 11.3 Å². The molecular formula is C18H32O3Si. The minimum atomic E-state index is -1.70. The van der Waals surface area contributed by atoms with Crippen LogP contribution in [0.1, 0.15) is 52.0 Å². The van der Waals surface area contributed by atoms with Gasteiger partial charge in [-0.2, -0.15) is 0 Å². The Labute approximate surface area is 137 Å². The summed E-state index contributed by atoms with van der Waals surface area (Å²) in [6.45, 7) is 17.3. The summed E-state index contributed by atoms with van der Waals surface area (Å²) in [5, 5.41) is 0.238. The van der Waals surface area contributed by atoms with Crippen LogP contribution in [0.25, 0.3) is 0 Å². The van der Waals surface area contributed by atoms with Gasteiger partial charge in [0.15, 0.2) is 14.6 Å². The molecule has 0 bridgehead atoms. The summed E-state index contributed by atoms with van der Waals surface area (Å²) in [7, 11) is -1.70. The highest BCUT2D eigenvalue weighted by Gasteiger charge is 2.36. The predicted molar refractivity (Wildman–Crippen MR) is 94.4 cm³/mol. The van der Waals surface area contributed by atoms with Crippen molar-refractivity contribution in [3.05, 3.63) is 35.4 Å². The fourth-order valence-corrected chi connectivity index (χ4v) is 2.76. The molecule has 1 aromatic rings. The fourth-order valence-electron chi connectivity index (χ4n) is 1.79. The van der Waals surface area contributed by atoms with Gasteiger partial charge in [0.05, 0.1) is 6.61 Å². The Balaban J connectivity index is 2.69. The molecule has 0 spiro atoms. The smallest absolute Gasteiger partial charge is 0.192 e. The lowest BCUT2D eigenvalue weighted by molar-refractivity contribution is -0.140. The SMILES string of the molecule is CCOC(OCC)c1ccc(CO[Si](C)(C)C(C)(C)C)cc1. The van der Waals surface area contributed by atoms with E-state index >= 15 is 0 Å². The van der Waals surface area contributed by atoms with Crippen LogP contribution in [-0.2, 0) is 20.5 Å². The Hall–Kier alpha value is -0.683. The highest BCUT2D eigenvalue weighted by molar-refractivity contribution is 6.74. The summed E-state index contributed by atoms with van der Waals surface area (Å²) in [6.07, 6.45) is -0.273. The van der Waals surface area contributed by atoms with Crippen molar-refractivity contribution >= 4 is 8.32 Å². The lowest BCUT2D eigenvalue weighted by atomic mass is 10.1. The molecule has 0 aliphatic heterocycles. The van der Waals surface area contributed by atoms with Crippen molar-refractivity contribution in [3.63, 3.8) is 0 Å². The Bertz CT molecular complexity index is 429. The lowest BCUT2D eigenvalue weighted by Gasteiger charge is -2.36. The average molecular weight is 325 g/mol. The highest BCUT2D eigenvalue weighted by atomic mass is 28.4. The van der Waals surface area contributed by atoms with Gasteiger partial charge in [0.1, 0.15) is 0 Å². The van der Waals surface area contributed by atoms with Crippen LogP contribution < -0.4 is 0 Å². The summed E-state index contributed by atoms with van der Waals surface area (Å²) in [5.74, 6) is 0. The van der Waals surface area contributed by atoms with Crippen molar-refractivity contribution in [2.75, 3.05) is 13.2 Å². The molecule has 126 valence electrons. The molecule has 0 saturated heterocycles. The van der Waals surface area contributed by atoms with E-state index in [2.05, 4.69) is 58.1 Å². The van der Waals surface area contributed by atoms with Gasteiger partial charge in [0, 0.05) is 18.8 Å². The fraction of sp³-hybridized carbons (Fsp3) is 0.667. The molecule has 0 saturated carbocycles. The molecule has 0 amide bonds. The maximum Gasteiger partial charge on any atom is 0.192 e. The van der Waals surface area contributed by atoms with E-state index in [9.17, 15) is 0 Å². The first-order valence-electron chi connectivity index (χ1n) is 8.17. The molecule has 4 heteroatoms. The Morgan fingerprint density at radius 1 is 0.955 bits per heavy atom. The number of hydrogen-bond donors (Lipinski definition) is 0. The van der Waals surface area contributed by atoms with Crippen molar-refractivity contribution < 1.29 is 13.9 Å². The van der Waals surface area contributed by atoms with Crippen LogP contribution in [0.5, 0.6) is 0 Å². The summed E-state index contributed by atoms with van der Waals surface area (Å²) < 4.78 is 17.5. The highest BCUT2D eigenvalue weighted by Crippen LogP contribution is 2.37. The largest absolute Gasteiger partial charge is 0.413 e. The third-order valence-electron chi connectivity index (χ3n) is 4.29. The van der Waals surface area contributed by atoms with E-state index in [0.29, 0.717) is 19.8 Å². The molecule has 0 fully saturated rings. The minimum absolute atomic E-state index is 0.238. The van der Waals surface area contributed by atoms with Crippen LogP contribution in [-0.4, -0.2) is 21.5 Å². The van der Waals surface area contributed by atoms with E-state index < -0.39 is 8.32 Å². The van der Waals surface area contributed by atoms with E-state index in [1.807, 2.05) is 13.8 Å². The monoisotopic (exact) mass is 324 g/mol. The molecule has 0 aliphatic rings. The van der Waals surface area contributed by atoms with Gasteiger partial charge in [-0.3, -0.25) is 0 Å². The summed E-state index contributed by atoms with van der Waals surface area (Å²) in [5.41, 5.74) is 2.25. The zero-order valence-electron chi connectivity index (χ0n) is 15.2. The maximum atomic E-state index is 6.25. The van der Waals surface area contributed by atoms with Crippen LogP contribution in [0, 0.1) is 0 Å². The van der Waals surface area contributed by atoms with Gasteiger partial charge in [-0.25, -0.2) is 0 Å². The van der Waals surface area contributed by atoms with E-state index in [1.54, 1.807) is 0 Å². The predicted octanol–water partition coefficient (Wildman–Crippen LogP) is 5.28. The third kappa shape index (κ3) is 5.50. The van der Waals surface area contributed by atoms with E-state index in [0.717, 1.165) is 5.56 Å². The molecule has 3 nitrogen and oxygen atoms in total. The summed E-state index contributed by atoms with van der Waals surface area (Å²) >= 11 is 0. The zero-order chi connectivity index (χ0) is 16.8. The normalized spacial score (nSPS) is 12.9. The zero-order valence-corrected chi connectivity index (χ0v) is 16.2. The number of ether oxygens (including phenoxy) is 2. The molecule has 0 atom stereocenters. The third-order valence-corrected chi connectivity index (χ3v) is 8.77. The molecular weight excluding hydrogens is 292 g/mol. The van der Waals surface area contributed by atoms with Crippen LogP contribution >= 0.6 is 0 Å². The van der Waals surface area contributed by atoms with E-state index in [4.69, 9.17) is 13.9 Å². The van der Waals surface area contributed by atoms with Crippen molar-refractivity contribution in [1.82, 2.24) is 0 Å². The van der Waals surface area contributed by atoms with Crippen molar-refractivity contribution in [3.8, 4) is 0 Å². The van der Waals surface area contributed by atoms with Crippen LogP contribution in [0.2, 0.25) is 18.1 Å². The molecule has 0 radical (unpaired) electrons. The van der Waals surface area contributed by atoms with E-state index in [1.165, 1.54) is 5.56 Å². The summed E-state index contributed by atoms with van der Waals surface area (Å²) in [4.78, 5) is 0. The molecule has 0 unspecified atom stereocenters. The first-order valence-corrected chi connectivity index (χ1v) is 11.1. The van der Waals surface area contributed by atoms with Crippen molar-refractivity contribution in [1.29, 1.82) is 0 Å². The quantitative estimate of drug-likeness (QED) is 0.481. The molecule has 0 N–H and O–H groups in total. The average Bonchev–Trinajstić information content (AvgIpc) is 2.44. The van der Waals surface area contributed by atoms with Crippen LogP contribution in [0.15, 0.2) is 24.3 Å². The molecule has 0 aliphatic carbocycles. The second-order valence-electron chi connectivity index (χ2n) is 7.03. The number of hydrogen-bond acceptors (Lipinski definition) is 3. The topological polar surface area (TPSA) is 27.7 Å². The lowest BCUT2D eigenvalue weighted by Crippen LogP contribution is -2.40. The second-order valence-corrected chi connectivity index (χ2v) is 11.8. The van der Waals surface area contributed by atoms with Gasteiger partial charge < -0.3 is 13.9 Å². The maximum absolute atomic E-state index is 6.25. The van der Waals surface area contributed by atoms with Gasteiger partial charge in [0.2, 0.25) is 0 Å². The molecule has 0 aromatic heterocycles. The minimum Gasteiger partial charge on any atom is -0.413 e. The van der Waals surface area contributed by atoms with Crippen molar-refractivity contribution in [2.24, 2.45) is 0 Å². The molecule has 1 aromatic carbocycles. The van der Waals surface area contributed by atoms with Gasteiger partial charge >= 0.3 is 0 Å². The Morgan fingerprint density at radius 2 is 1.45 bits per heavy atom.